The van der Waals surface area contributed by atoms with Gasteiger partial charge in [-0.15, -0.1) is 0 Å². The molecule has 0 unspecified atom stereocenters. The van der Waals surface area contributed by atoms with Crippen molar-refractivity contribution < 1.29 is 19.1 Å². The smallest absolute Gasteiger partial charge is 0.328 e. The van der Waals surface area contributed by atoms with Crippen molar-refractivity contribution in [2.24, 2.45) is 0 Å². The van der Waals surface area contributed by atoms with E-state index in [9.17, 15) is 14.4 Å². The molecular formula is C24H18Br2N4O4. The summed E-state index contributed by atoms with van der Waals surface area (Å²) in [4.78, 5) is 38.3. The second-order valence-corrected chi connectivity index (χ2v) is 8.99. The van der Waals surface area contributed by atoms with Gasteiger partial charge in [0.1, 0.15) is 11.4 Å². The molecule has 4 aromatic rings. The van der Waals surface area contributed by atoms with Gasteiger partial charge in [0.25, 0.3) is 5.91 Å². The maximum Gasteiger partial charge on any atom is 0.328 e. The molecule has 4 rings (SSSR count). The van der Waals surface area contributed by atoms with Crippen LogP contribution in [0.4, 0.5) is 11.4 Å². The molecule has 0 saturated carbocycles. The lowest BCUT2D eigenvalue weighted by Gasteiger charge is -2.13. The van der Waals surface area contributed by atoms with E-state index >= 15 is 0 Å². The van der Waals surface area contributed by atoms with E-state index in [1.165, 1.54) is 11.8 Å². The van der Waals surface area contributed by atoms with E-state index in [0.29, 0.717) is 28.0 Å². The monoisotopic (exact) mass is 584 g/mol. The lowest BCUT2D eigenvalue weighted by Crippen LogP contribution is -2.36. The fourth-order valence-electron chi connectivity index (χ4n) is 3.24. The third-order valence-electron chi connectivity index (χ3n) is 4.85. The minimum absolute atomic E-state index is 0.151. The molecule has 0 fully saturated rings. The lowest BCUT2D eigenvalue weighted by molar-refractivity contribution is -0.133. The molecule has 34 heavy (non-hydrogen) atoms. The third kappa shape index (κ3) is 5.29. The first-order valence-corrected chi connectivity index (χ1v) is 11.6. The number of ether oxygens (including phenoxy) is 1. The average molecular weight is 586 g/mol. The highest BCUT2D eigenvalue weighted by Gasteiger charge is 2.21. The molecular weight excluding hydrogens is 568 g/mol. The summed E-state index contributed by atoms with van der Waals surface area (Å²) in [5, 5.41) is 6.02. The Morgan fingerprint density at radius 2 is 1.53 bits per heavy atom. The van der Waals surface area contributed by atoms with E-state index in [-0.39, 0.29) is 5.69 Å². The molecule has 0 saturated heterocycles. The summed E-state index contributed by atoms with van der Waals surface area (Å²) >= 11 is 6.77. The van der Waals surface area contributed by atoms with E-state index in [2.05, 4.69) is 47.9 Å². The van der Waals surface area contributed by atoms with Crippen LogP contribution < -0.4 is 20.8 Å². The molecule has 0 atom stereocenters. The van der Waals surface area contributed by atoms with Gasteiger partial charge in [-0.25, -0.2) is 4.68 Å². The number of nitrogens with zero attached hydrogens (tertiary/aromatic N) is 1. The first-order chi connectivity index (χ1) is 16.3. The Kier molecular flexibility index (Phi) is 6.99. The normalized spacial score (nSPS) is 10.6. The Balaban J connectivity index is 1.61. The number of halogens is 2. The van der Waals surface area contributed by atoms with Gasteiger partial charge >= 0.3 is 11.8 Å². The maximum absolute atomic E-state index is 13.1. The van der Waals surface area contributed by atoms with Crippen LogP contribution in [-0.2, 0) is 9.59 Å². The van der Waals surface area contributed by atoms with E-state index in [0.717, 1.165) is 8.95 Å². The summed E-state index contributed by atoms with van der Waals surface area (Å²) < 4.78 is 8.10. The summed E-state index contributed by atoms with van der Waals surface area (Å²) in [5.41, 5.74) is 4.20. The minimum atomic E-state index is -0.944. The fraction of sp³-hybridized carbons (Fsp3) is 0.0417. The Bertz CT molecular complexity index is 1400. The number of carbonyl (C=O) groups excluding carboxylic acids is 3. The van der Waals surface area contributed by atoms with Crippen molar-refractivity contribution in [3.8, 4) is 5.75 Å². The first-order valence-electron chi connectivity index (χ1n) is 9.98. The number of hydrogen-bond donors (Lipinski definition) is 3. The number of fused-ring (bicyclic) bond motifs is 1. The van der Waals surface area contributed by atoms with Crippen LogP contribution in [0.1, 0.15) is 10.5 Å². The van der Waals surface area contributed by atoms with Gasteiger partial charge in [0.2, 0.25) is 0 Å². The van der Waals surface area contributed by atoms with Crippen molar-refractivity contribution in [1.29, 1.82) is 0 Å². The fourth-order valence-corrected chi connectivity index (χ4v) is 3.89. The molecule has 1 heterocycles. The second-order valence-electron chi connectivity index (χ2n) is 7.16. The summed E-state index contributed by atoms with van der Waals surface area (Å²) in [5.74, 6) is -1.76. The number of anilines is 2. The molecule has 3 N–H and O–H groups in total. The average Bonchev–Trinajstić information content (AvgIpc) is 3.18. The quantitative estimate of drug-likeness (QED) is 0.282. The van der Waals surface area contributed by atoms with Crippen molar-refractivity contribution in [3.05, 3.63) is 87.4 Å². The van der Waals surface area contributed by atoms with E-state index in [1.54, 1.807) is 66.7 Å². The van der Waals surface area contributed by atoms with E-state index < -0.39 is 17.7 Å². The molecule has 10 heteroatoms. The highest BCUT2D eigenvalue weighted by Crippen LogP contribution is 2.24. The van der Waals surface area contributed by atoms with Crippen molar-refractivity contribution >= 4 is 71.9 Å². The predicted molar refractivity (Wildman–Crippen MR) is 138 cm³/mol. The molecule has 1 aromatic heterocycles. The van der Waals surface area contributed by atoms with Gasteiger partial charge in [-0.05, 0) is 60.7 Å². The van der Waals surface area contributed by atoms with Crippen LogP contribution >= 0.6 is 31.9 Å². The van der Waals surface area contributed by atoms with Gasteiger partial charge in [-0.3, -0.25) is 19.8 Å². The Hall–Kier alpha value is -3.63. The van der Waals surface area contributed by atoms with Crippen LogP contribution in [0.5, 0.6) is 5.75 Å². The van der Waals surface area contributed by atoms with Crippen molar-refractivity contribution in [2.45, 2.75) is 0 Å². The summed E-state index contributed by atoms with van der Waals surface area (Å²) in [6, 6.07) is 20.7. The van der Waals surface area contributed by atoms with Gasteiger partial charge in [0.05, 0.1) is 12.6 Å². The standard InChI is InChI=1S/C24H18Br2N4O4/c1-34-19-4-2-3-18(13-19)28-23(32)24(33)29-30-20-10-7-16(26)11-14(20)12-21(30)22(31)27-17-8-5-15(25)6-9-17/h2-13H,1H3,(H,27,31)(H,28,32)(H,29,33). The topological polar surface area (TPSA) is 101 Å². The van der Waals surface area contributed by atoms with Crippen LogP contribution in [0.2, 0.25) is 0 Å². The molecule has 0 spiro atoms. The molecule has 3 aromatic carbocycles. The molecule has 0 aliphatic carbocycles. The molecule has 0 radical (unpaired) electrons. The predicted octanol–water partition coefficient (Wildman–Crippen LogP) is 5.14. The molecule has 0 bridgehead atoms. The van der Waals surface area contributed by atoms with E-state index in [1.807, 2.05) is 6.07 Å². The van der Waals surface area contributed by atoms with Crippen molar-refractivity contribution in [2.75, 3.05) is 23.2 Å². The number of rotatable bonds is 5. The van der Waals surface area contributed by atoms with Gasteiger partial charge in [-0.1, -0.05) is 37.9 Å². The third-order valence-corrected chi connectivity index (χ3v) is 5.87. The first kappa shape index (κ1) is 23.5. The second kappa shape index (κ2) is 10.1. The SMILES string of the molecule is COc1cccc(NC(=O)C(=O)Nn2c(C(=O)Nc3ccc(Br)cc3)cc3cc(Br)ccc32)c1. The minimum Gasteiger partial charge on any atom is -0.497 e. The largest absolute Gasteiger partial charge is 0.497 e. The number of amides is 3. The molecule has 172 valence electrons. The number of nitrogens with one attached hydrogen (secondary N) is 3. The Labute approximate surface area is 211 Å². The zero-order chi connectivity index (χ0) is 24.2. The summed E-state index contributed by atoms with van der Waals surface area (Å²) in [7, 11) is 1.50. The van der Waals surface area contributed by atoms with Gasteiger partial charge < -0.3 is 15.4 Å². The molecule has 8 nitrogen and oxygen atoms in total. The van der Waals surface area contributed by atoms with Crippen LogP contribution in [0.15, 0.2) is 81.7 Å². The van der Waals surface area contributed by atoms with Crippen molar-refractivity contribution in [1.82, 2.24) is 4.68 Å². The number of aromatic nitrogens is 1. The lowest BCUT2D eigenvalue weighted by atomic mass is 10.2. The maximum atomic E-state index is 13.1. The Morgan fingerprint density at radius 1 is 0.794 bits per heavy atom. The number of benzene rings is 3. The van der Waals surface area contributed by atoms with Crippen LogP contribution in [0.25, 0.3) is 10.9 Å². The van der Waals surface area contributed by atoms with Gasteiger partial charge in [-0.2, -0.15) is 0 Å². The highest BCUT2D eigenvalue weighted by molar-refractivity contribution is 9.10. The van der Waals surface area contributed by atoms with Gasteiger partial charge in [0, 0.05) is 31.8 Å². The zero-order valence-corrected chi connectivity index (χ0v) is 20.9. The van der Waals surface area contributed by atoms with Crippen LogP contribution in [0, 0.1) is 0 Å². The number of carbonyl (C=O) groups is 3. The van der Waals surface area contributed by atoms with Crippen LogP contribution in [-0.4, -0.2) is 29.5 Å². The summed E-state index contributed by atoms with van der Waals surface area (Å²) in [6.45, 7) is 0. The van der Waals surface area contributed by atoms with E-state index in [4.69, 9.17) is 4.74 Å². The zero-order valence-electron chi connectivity index (χ0n) is 17.8. The Morgan fingerprint density at radius 3 is 2.26 bits per heavy atom. The van der Waals surface area contributed by atoms with Crippen molar-refractivity contribution in [3.63, 3.8) is 0 Å². The molecule has 0 aliphatic rings. The highest BCUT2D eigenvalue weighted by atomic mass is 79.9. The van der Waals surface area contributed by atoms with Crippen LogP contribution in [0.3, 0.4) is 0 Å². The molecule has 3 amide bonds. The van der Waals surface area contributed by atoms with Gasteiger partial charge in [0.15, 0.2) is 0 Å². The molecule has 0 aliphatic heterocycles. The number of methoxy groups -OCH3 is 1. The number of hydrogen-bond acceptors (Lipinski definition) is 4. The summed E-state index contributed by atoms with van der Waals surface area (Å²) in [6.07, 6.45) is 0.